The largest absolute Gasteiger partial charge is 0.348 e. The number of rotatable bonds is 3. The van der Waals surface area contributed by atoms with Crippen molar-refractivity contribution in [3.63, 3.8) is 0 Å². The van der Waals surface area contributed by atoms with Crippen molar-refractivity contribution >= 4 is 29.9 Å². The van der Waals surface area contributed by atoms with Crippen molar-refractivity contribution in [2.75, 3.05) is 26.2 Å². The van der Waals surface area contributed by atoms with Gasteiger partial charge in [-0.05, 0) is 28.8 Å². The van der Waals surface area contributed by atoms with E-state index in [1.807, 2.05) is 54.6 Å². The van der Waals surface area contributed by atoms with E-state index in [0.29, 0.717) is 38.3 Å². The summed E-state index contributed by atoms with van der Waals surface area (Å²) in [4.78, 5) is 39.7. The number of nitrogens with one attached hydrogen (secondary N) is 1. The zero-order chi connectivity index (χ0) is 20.4. The molecule has 0 spiro atoms. The molecule has 148 valence electrons. The minimum Gasteiger partial charge on any atom is -0.348 e. The Labute approximate surface area is 169 Å². The molecule has 0 atom stereocenters. The van der Waals surface area contributed by atoms with Gasteiger partial charge >= 0.3 is 0 Å². The first kappa shape index (κ1) is 18.9. The summed E-state index contributed by atoms with van der Waals surface area (Å²) in [5.74, 6) is 0.00197. The zero-order valence-electron chi connectivity index (χ0n) is 16.4. The molecule has 29 heavy (non-hydrogen) atoms. The van der Waals surface area contributed by atoms with Gasteiger partial charge in [-0.2, -0.15) is 0 Å². The summed E-state index contributed by atoms with van der Waals surface area (Å²) in [7, 11) is 0. The Hall–Kier alpha value is -3.41. The number of fused-ring (bicyclic) bond motifs is 1. The van der Waals surface area contributed by atoms with Crippen LogP contribution >= 0.6 is 0 Å². The SMILES string of the molecule is CC(=O)N1CCN(C(=O)c2ccc(/C=C/c3cccc4c3C(=O)NC4)cc2)CC1. The van der Waals surface area contributed by atoms with E-state index in [0.717, 1.165) is 22.3 Å². The van der Waals surface area contributed by atoms with E-state index >= 15 is 0 Å². The van der Waals surface area contributed by atoms with Crippen molar-refractivity contribution in [1.82, 2.24) is 15.1 Å². The molecule has 2 aliphatic rings. The number of benzene rings is 2. The van der Waals surface area contributed by atoms with Gasteiger partial charge in [0, 0.05) is 45.2 Å². The van der Waals surface area contributed by atoms with E-state index < -0.39 is 0 Å². The highest BCUT2D eigenvalue weighted by atomic mass is 16.2. The molecule has 1 fully saturated rings. The van der Waals surface area contributed by atoms with Gasteiger partial charge in [0.15, 0.2) is 0 Å². The van der Waals surface area contributed by atoms with Gasteiger partial charge < -0.3 is 15.1 Å². The highest BCUT2D eigenvalue weighted by Gasteiger charge is 2.23. The van der Waals surface area contributed by atoms with E-state index in [-0.39, 0.29) is 17.7 Å². The van der Waals surface area contributed by atoms with Crippen LogP contribution in [0.1, 0.15) is 44.3 Å². The standard InChI is InChI=1S/C23H23N3O3/c1-16(27)25-11-13-26(14-12-25)23(29)19-9-6-17(7-10-19)5-8-18-3-2-4-20-15-24-22(28)21(18)20/h2-10H,11-15H2,1H3,(H,24,28)/b8-5+. The van der Waals surface area contributed by atoms with Gasteiger partial charge in [0.2, 0.25) is 5.91 Å². The summed E-state index contributed by atoms with van der Waals surface area (Å²) >= 11 is 0. The predicted molar refractivity (Wildman–Crippen MR) is 111 cm³/mol. The Bertz CT molecular complexity index is 987. The normalized spacial score (nSPS) is 16.1. The van der Waals surface area contributed by atoms with Gasteiger partial charge in [-0.3, -0.25) is 14.4 Å². The van der Waals surface area contributed by atoms with Crippen molar-refractivity contribution in [3.8, 4) is 0 Å². The summed E-state index contributed by atoms with van der Waals surface area (Å²) < 4.78 is 0. The first-order chi connectivity index (χ1) is 14.0. The number of amides is 3. The van der Waals surface area contributed by atoms with Crippen LogP contribution in [0.4, 0.5) is 0 Å². The van der Waals surface area contributed by atoms with E-state index in [1.54, 1.807) is 16.7 Å². The number of carbonyl (C=O) groups excluding carboxylic acids is 3. The first-order valence-electron chi connectivity index (χ1n) is 9.76. The number of piperazine rings is 1. The molecule has 0 saturated carbocycles. The van der Waals surface area contributed by atoms with Gasteiger partial charge in [0.1, 0.15) is 0 Å². The third-order valence-electron chi connectivity index (χ3n) is 5.47. The van der Waals surface area contributed by atoms with Crippen LogP contribution in [0.2, 0.25) is 0 Å². The summed E-state index contributed by atoms with van der Waals surface area (Å²) in [5.41, 5.74) is 4.24. The maximum absolute atomic E-state index is 12.7. The van der Waals surface area contributed by atoms with Gasteiger partial charge in [0.05, 0.1) is 5.56 Å². The molecule has 6 heteroatoms. The monoisotopic (exact) mass is 389 g/mol. The second-order valence-corrected chi connectivity index (χ2v) is 7.32. The molecular weight excluding hydrogens is 366 g/mol. The van der Waals surface area contributed by atoms with Gasteiger partial charge in [-0.1, -0.05) is 42.5 Å². The van der Waals surface area contributed by atoms with E-state index in [4.69, 9.17) is 0 Å². The lowest BCUT2D eigenvalue weighted by atomic mass is 10.0. The predicted octanol–water partition coefficient (Wildman–Crippen LogP) is 2.40. The molecule has 0 unspecified atom stereocenters. The van der Waals surface area contributed by atoms with Crippen LogP contribution in [0.25, 0.3) is 12.2 Å². The average molecular weight is 389 g/mol. The number of hydrogen-bond donors (Lipinski definition) is 1. The molecule has 1 N–H and O–H groups in total. The van der Waals surface area contributed by atoms with Crippen LogP contribution in [-0.4, -0.2) is 53.7 Å². The topological polar surface area (TPSA) is 69.7 Å². The Kier molecular flexibility index (Phi) is 5.16. The quantitative estimate of drug-likeness (QED) is 0.820. The van der Waals surface area contributed by atoms with E-state index in [1.165, 1.54) is 0 Å². The van der Waals surface area contributed by atoms with Crippen LogP contribution in [0, 0.1) is 0 Å². The van der Waals surface area contributed by atoms with Crippen LogP contribution in [0.3, 0.4) is 0 Å². The molecule has 1 saturated heterocycles. The van der Waals surface area contributed by atoms with Crippen molar-refractivity contribution in [2.24, 2.45) is 0 Å². The van der Waals surface area contributed by atoms with Crippen LogP contribution < -0.4 is 5.32 Å². The van der Waals surface area contributed by atoms with Crippen LogP contribution in [0.5, 0.6) is 0 Å². The molecule has 0 bridgehead atoms. The van der Waals surface area contributed by atoms with Crippen molar-refractivity contribution in [2.45, 2.75) is 13.5 Å². The molecule has 6 nitrogen and oxygen atoms in total. The first-order valence-corrected chi connectivity index (χ1v) is 9.76. The Balaban J connectivity index is 1.43. The maximum atomic E-state index is 12.7. The van der Waals surface area contributed by atoms with Crippen LogP contribution in [-0.2, 0) is 11.3 Å². The van der Waals surface area contributed by atoms with Gasteiger partial charge in [-0.25, -0.2) is 0 Å². The van der Waals surface area contributed by atoms with E-state index in [9.17, 15) is 14.4 Å². The molecule has 2 aromatic rings. The maximum Gasteiger partial charge on any atom is 0.253 e. The second-order valence-electron chi connectivity index (χ2n) is 7.32. The van der Waals surface area contributed by atoms with Gasteiger partial charge in [-0.15, -0.1) is 0 Å². The van der Waals surface area contributed by atoms with Gasteiger partial charge in [0.25, 0.3) is 11.8 Å². The fourth-order valence-corrected chi connectivity index (χ4v) is 3.78. The number of hydrogen-bond acceptors (Lipinski definition) is 3. The Morgan fingerprint density at radius 1 is 0.931 bits per heavy atom. The average Bonchev–Trinajstić information content (AvgIpc) is 3.14. The minimum atomic E-state index is -0.0361. The fraction of sp³-hybridized carbons (Fsp3) is 0.261. The van der Waals surface area contributed by atoms with Crippen LogP contribution in [0.15, 0.2) is 42.5 Å². The van der Waals surface area contributed by atoms with Crippen molar-refractivity contribution in [1.29, 1.82) is 0 Å². The third kappa shape index (κ3) is 3.92. The lowest BCUT2D eigenvalue weighted by Gasteiger charge is -2.34. The summed E-state index contributed by atoms with van der Waals surface area (Å²) in [5, 5.41) is 2.85. The Morgan fingerprint density at radius 2 is 1.62 bits per heavy atom. The second kappa shape index (κ2) is 7.91. The molecule has 4 rings (SSSR count). The lowest BCUT2D eigenvalue weighted by Crippen LogP contribution is -2.50. The number of nitrogens with zero attached hydrogens (tertiary/aromatic N) is 2. The smallest absolute Gasteiger partial charge is 0.253 e. The fourth-order valence-electron chi connectivity index (χ4n) is 3.78. The minimum absolute atomic E-state index is 0.0127. The summed E-state index contributed by atoms with van der Waals surface area (Å²) in [6, 6.07) is 13.3. The summed E-state index contributed by atoms with van der Waals surface area (Å²) in [6.45, 7) is 4.41. The molecule has 2 aliphatic heterocycles. The molecule has 2 aromatic carbocycles. The highest BCUT2D eigenvalue weighted by Crippen LogP contribution is 2.22. The summed E-state index contributed by atoms with van der Waals surface area (Å²) in [6.07, 6.45) is 3.88. The zero-order valence-corrected chi connectivity index (χ0v) is 16.4. The third-order valence-corrected chi connectivity index (χ3v) is 5.47. The van der Waals surface area contributed by atoms with Crippen molar-refractivity contribution < 1.29 is 14.4 Å². The lowest BCUT2D eigenvalue weighted by molar-refractivity contribution is -0.130. The molecule has 0 aliphatic carbocycles. The molecular formula is C23H23N3O3. The van der Waals surface area contributed by atoms with E-state index in [2.05, 4.69) is 5.32 Å². The molecule has 2 heterocycles. The number of carbonyl (C=O) groups is 3. The molecule has 0 aromatic heterocycles. The van der Waals surface area contributed by atoms with Crippen molar-refractivity contribution in [3.05, 3.63) is 70.3 Å². The molecule has 3 amide bonds. The molecule has 0 radical (unpaired) electrons. The Morgan fingerprint density at radius 3 is 2.31 bits per heavy atom. The highest BCUT2D eigenvalue weighted by molar-refractivity contribution is 6.02.